The van der Waals surface area contributed by atoms with Crippen LogP contribution in [0, 0.1) is 0 Å². The number of amides is 1. The first kappa shape index (κ1) is 18.4. The number of ether oxygens (including phenoxy) is 2. The number of anilines is 1. The summed E-state index contributed by atoms with van der Waals surface area (Å²) in [4.78, 5) is 29.0. The third-order valence-electron chi connectivity index (χ3n) is 3.93. The van der Waals surface area contributed by atoms with E-state index in [1.807, 2.05) is 6.92 Å². The molecule has 1 heterocycles. The Morgan fingerprint density at radius 3 is 2.63 bits per heavy atom. The highest BCUT2D eigenvalue weighted by atomic mass is 16.5. The smallest absolute Gasteiger partial charge is 0.341 e. The second-order valence-electron chi connectivity index (χ2n) is 5.75. The van der Waals surface area contributed by atoms with Crippen LogP contribution in [-0.4, -0.2) is 29.6 Å². The number of aromatic nitrogens is 1. The lowest BCUT2D eigenvalue weighted by atomic mass is 10.2. The van der Waals surface area contributed by atoms with Gasteiger partial charge in [-0.15, -0.1) is 0 Å². The molecule has 3 rings (SSSR count). The van der Waals surface area contributed by atoms with E-state index >= 15 is 0 Å². The molecule has 0 radical (unpaired) electrons. The third kappa shape index (κ3) is 4.25. The monoisotopic (exact) mass is 368 g/mol. The van der Waals surface area contributed by atoms with Crippen molar-refractivity contribution >= 4 is 28.7 Å². The van der Waals surface area contributed by atoms with Gasteiger partial charge in [0.2, 0.25) is 0 Å². The molecule has 1 atom stereocenters. The fourth-order valence-corrected chi connectivity index (χ4v) is 2.59. The molecular weight excluding hydrogens is 348 g/mol. The summed E-state index contributed by atoms with van der Waals surface area (Å²) in [5, 5.41) is 2.75. The fraction of sp³-hybridized carbons (Fsp3) is 0.250. The van der Waals surface area contributed by atoms with E-state index in [1.165, 1.54) is 6.39 Å². The molecule has 27 heavy (non-hydrogen) atoms. The number of para-hydroxylation sites is 1. The summed E-state index contributed by atoms with van der Waals surface area (Å²) in [5.74, 6) is -0.305. The van der Waals surface area contributed by atoms with E-state index in [4.69, 9.17) is 13.9 Å². The number of oxazole rings is 1. The number of carbonyl (C=O) groups excluding carboxylic acids is 2. The van der Waals surface area contributed by atoms with Crippen molar-refractivity contribution in [3.05, 3.63) is 54.4 Å². The van der Waals surface area contributed by atoms with Crippen molar-refractivity contribution in [2.45, 2.75) is 26.4 Å². The van der Waals surface area contributed by atoms with Gasteiger partial charge in [-0.2, -0.15) is 0 Å². The zero-order valence-electron chi connectivity index (χ0n) is 15.1. The Balaban J connectivity index is 1.68. The summed E-state index contributed by atoms with van der Waals surface area (Å²) in [7, 11) is 0. The molecule has 0 aliphatic heterocycles. The summed E-state index contributed by atoms with van der Waals surface area (Å²) in [6, 6.07) is 11.9. The van der Waals surface area contributed by atoms with Crippen molar-refractivity contribution in [3.8, 4) is 5.75 Å². The molecule has 1 amide bonds. The van der Waals surface area contributed by atoms with Crippen LogP contribution in [0.3, 0.4) is 0 Å². The van der Waals surface area contributed by atoms with E-state index < -0.39 is 18.0 Å². The van der Waals surface area contributed by atoms with Crippen molar-refractivity contribution in [3.63, 3.8) is 0 Å². The molecule has 3 aromatic rings. The van der Waals surface area contributed by atoms with Crippen LogP contribution in [0.2, 0.25) is 0 Å². The second-order valence-corrected chi connectivity index (χ2v) is 5.75. The standard InChI is InChI=1S/C20H20N2O5/c1-3-16(19(23)22-13-8-10-14(11-9-13)25-4-2)27-20(24)15-6-5-7-17-18(15)21-12-26-17/h5-12,16H,3-4H2,1-2H3,(H,22,23). The lowest BCUT2D eigenvalue weighted by molar-refractivity contribution is -0.124. The minimum Gasteiger partial charge on any atom is -0.494 e. The molecule has 0 saturated heterocycles. The summed E-state index contributed by atoms with van der Waals surface area (Å²) >= 11 is 0. The number of carbonyl (C=O) groups is 2. The average molecular weight is 368 g/mol. The maximum Gasteiger partial charge on any atom is 0.341 e. The molecule has 7 heteroatoms. The predicted molar refractivity (Wildman–Crippen MR) is 99.7 cm³/mol. The quantitative estimate of drug-likeness (QED) is 0.638. The number of benzene rings is 2. The van der Waals surface area contributed by atoms with Crippen LogP contribution < -0.4 is 10.1 Å². The maximum atomic E-state index is 12.5. The van der Waals surface area contributed by atoms with Gasteiger partial charge in [0.1, 0.15) is 11.3 Å². The molecule has 1 N–H and O–H groups in total. The zero-order chi connectivity index (χ0) is 19.2. The molecule has 0 spiro atoms. The molecule has 1 unspecified atom stereocenters. The molecule has 0 fully saturated rings. The first-order chi connectivity index (χ1) is 13.1. The van der Waals surface area contributed by atoms with Crippen LogP contribution in [0.25, 0.3) is 11.1 Å². The minimum atomic E-state index is -0.925. The average Bonchev–Trinajstić information content (AvgIpc) is 3.16. The normalized spacial score (nSPS) is 11.8. The van der Waals surface area contributed by atoms with Gasteiger partial charge in [-0.25, -0.2) is 9.78 Å². The van der Waals surface area contributed by atoms with Crippen molar-refractivity contribution in [2.24, 2.45) is 0 Å². The van der Waals surface area contributed by atoms with Gasteiger partial charge in [0, 0.05) is 5.69 Å². The molecule has 0 aliphatic rings. The number of hydrogen-bond donors (Lipinski definition) is 1. The largest absolute Gasteiger partial charge is 0.494 e. The summed E-state index contributed by atoms with van der Waals surface area (Å²) in [6.07, 6.45) is 0.673. The Hall–Kier alpha value is -3.35. The van der Waals surface area contributed by atoms with Gasteiger partial charge >= 0.3 is 5.97 Å². The van der Waals surface area contributed by atoms with E-state index in [9.17, 15) is 9.59 Å². The Bertz CT molecular complexity index is 933. The van der Waals surface area contributed by atoms with Gasteiger partial charge in [-0.3, -0.25) is 4.79 Å². The topological polar surface area (TPSA) is 90.7 Å². The lowest BCUT2D eigenvalue weighted by Gasteiger charge is -2.16. The summed E-state index contributed by atoms with van der Waals surface area (Å²) in [6.45, 7) is 4.24. The number of nitrogens with one attached hydrogen (secondary N) is 1. The van der Waals surface area contributed by atoms with Crippen molar-refractivity contribution in [2.75, 3.05) is 11.9 Å². The van der Waals surface area contributed by atoms with Gasteiger partial charge in [-0.05, 0) is 49.7 Å². The number of hydrogen-bond acceptors (Lipinski definition) is 6. The van der Waals surface area contributed by atoms with Crippen LogP contribution in [0.15, 0.2) is 53.3 Å². The summed E-state index contributed by atoms with van der Waals surface area (Å²) < 4.78 is 16.0. The third-order valence-corrected chi connectivity index (χ3v) is 3.93. The molecule has 2 aromatic carbocycles. The van der Waals surface area contributed by atoms with Gasteiger partial charge in [0.25, 0.3) is 5.91 Å². The van der Waals surface area contributed by atoms with Gasteiger partial charge in [0.15, 0.2) is 18.1 Å². The van der Waals surface area contributed by atoms with Crippen LogP contribution in [0.1, 0.15) is 30.6 Å². The van der Waals surface area contributed by atoms with Gasteiger partial charge < -0.3 is 19.2 Å². The van der Waals surface area contributed by atoms with Crippen LogP contribution in [0.5, 0.6) is 5.75 Å². The second kappa shape index (κ2) is 8.35. The maximum absolute atomic E-state index is 12.5. The van der Waals surface area contributed by atoms with Gasteiger partial charge in [-0.1, -0.05) is 13.0 Å². The highest BCUT2D eigenvalue weighted by Gasteiger charge is 2.24. The predicted octanol–water partition coefficient (Wildman–Crippen LogP) is 3.80. The molecular formula is C20H20N2O5. The van der Waals surface area contributed by atoms with Crippen LogP contribution in [-0.2, 0) is 9.53 Å². The fourth-order valence-electron chi connectivity index (χ4n) is 2.59. The molecule has 7 nitrogen and oxygen atoms in total. The molecule has 0 saturated carbocycles. The van der Waals surface area contributed by atoms with Gasteiger partial charge in [0.05, 0.1) is 12.2 Å². The zero-order valence-corrected chi connectivity index (χ0v) is 15.1. The van der Waals surface area contributed by atoms with Crippen molar-refractivity contribution in [1.29, 1.82) is 0 Å². The van der Waals surface area contributed by atoms with E-state index in [2.05, 4.69) is 10.3 Å². The van der Waals surface area contributed by atoms with Crippen LogP contribution in [0.4, 0.5) is 5.69 Å². The summed E-state index contributed by atoms with van der Waals surface area (Å²) in [5.41, 5.74) is 1.74. The van der Waals surface area contributed by atoms with E-state index in [0.29, 0.717) is 29.8 Å². The van der Waals surface area contributed by atoms with E-state index in [-0.39, 0.29) is 5.56 Å². The van der Waals surface area contributed by atoms with Crippen molar-refractivity contribution in [1.82, 2.24) is 4.98 Å². The SMILES string of the molecule is CCOc1ccc(NC(=O)C(CC)OC(=O)c2cccc3ocnc23)cc1. The Morgan fingerprint density at radius 1 is 1.15 bits per heavy atom. The first-order valence-electron chi connectivity index (χ1n) is 8.69. The number of fused-ring (bicyclic) bond motifs is 1. The molecule has 1 aromatic heterocycles. The van der Waals surface area contributed by atoms with Crippen molar-refractivity contribution < 1.29 is 23.5 Å². The van der Waals surface area contributed by atoms with E-state index in [1.54, 1.807) is 49.4 Å². The molecule has 0 aliphatic carbocycles. The molecule has 0 bridgehead atoms. The Morgan fingerprint density at radius 2 is 1.93 bits per heavy atom. The lowest BCUT2D eigenvalue weighted by Crippen LogP contribution is -2.32. The molecule has 140 valence electrons. The Labute approximate surface area is 156 Å². The Kier molecular flexibility index (Phi) is 5.71. The van der Waals surface area contributed by atoms with Crippen LogP contribution >= 0.6 is 0 Å². The first-order valence-corrected chi connectivity index (χ1v) is 8.69. The number of nitrogens with zero attached hydrogens (tertiary/aromatic N) is 1. The highest BCUT2D eigenvalue weighted by molar-refractivity contribution is 6.03. The number of esters is 1. The van der Waals surface area contributed by atoms with E-state index in [0.717, 1.165) is 5.75 Å². The number of rotatable bonds is 7. The minimum absolute atomic E-state index is 0.258. The highest BCUT2D eigenvalue weighted by Crippen LogP contribution is 2.20.